The molecule has 10 heavy (non-hydrogen) atoms. The number of hydrogen-bond donors (Lipinski definition) is 1. The molecule has 0 spiro atoms. The summed E-state index contributed by atoms with van der Waals surface area (Å²) in [5, 5.41) is 8.85. The number of nitrogens with zero attached hydrogens (tertiary/aromatic N) is 1. The van der Waals surface area contributed by atoms with E-state index in [0.717, 1.165) is 0 Å². The highest BCUT2D eigenvalue weighted by molar-refractivity contribution is 5.73. The smallest absolute Gasteiger partial charge is 0.219 e. The van der Waals surface area contributed by atoms with Crippen molar-refractivity contribution in [3.05, 3.63) is 0 Å². The summed E-state index contributed by atoms with van der Waals surface area (Å²) in [6.45, 7) is 1.54. The molecule has 1 amide bonds. The third kappa shape index (κ3) is 1.26. The van der Waals surface area contributed by atoms with E-state index in [1.165, 1.54) is 11.8 Å². The average Bonchev–Trinajstić information content (AvgIpc) is 2.13. The lowest BCUT2D eigenvalue weighted by Crippen LogP contribution is -2.26. The summed E-state index contributed by atoms with van der Waals surface area (Å²) >= 11 is 0. The van der Waals surface area contributed by atoms with Gasteiger partial charge in [-0.2, -0.15) is 0 Å². The van der Waals surface area contributed by atoms with Crippen molar-refractivity contribution in [3.8, 4) is 0 Å². The van der Waals surface area contributed by atoms with Crippen molar-refractivity contribution < 1.29 is 14.3 Å². The molecule has 0 unspecified atom stereocenters. The maximum atomic E-state index is 12.5. The Labute approximate surface area is 58.4 Å². The zero-order chi connectivity index (χ0) is 7.72. The number of carbonyl (C=O) groups excluding carboxylic acids is 1. The van der Waals surface area contributed by atoms with Crippen molar-refractivity contribution in [2.75, 3.05) is 13.1 Å². The number of halogens is 1. The second kappa shape index (κ2) is 2.54. The van der Waals surface area contributed by atoms with Crippen molar-refractivity contribution in [3.63, 3.8) is 0 Å². The summed E-state index contributed by atoms with van der Waals surface area (Å²) < 4.78 is 12.5. The van der Waals surface area contributed by atoms with Gasteiger partial charge in [-0.1, -0.05) is 0 Å². The van der Waals surface area contributed by atoms with E-state index in [1.54, 1.807) is 0 Å². The summed E-state index contributed by atoms with van der Waals surface area (Å²) in [7, 11) is 0. The molecule has 0 aromatic rings. The van der Waals surface area contributed by atoms with Crippen LogP contribution in [0.25, 0.3) is 0 Å². The van der Waals surface area contributed by atoms with Crippen molar-refractivity contribution >= 4 is 5.91 Å². The molecule has 1 heterocycles. The van der Waals surface area contributed by atoms with E-state index in [2.05, 4.69) is 0 Å². The minimum atomic E-state index is -1.26. The number of aliphatic hydroxyl groups is 1. The molecule has 0 radical (unpaired) electrons. The van der Waals surface area contributed by atoms with E-state index >= 15 is 0 Å². The zero-order valence-electron chi connectivity index (χ0n) is 5.75. The molecule has 1 saturated heterocycles. The van der Waals surface area contributed by atoms with Gasteiger partial charge >= 0.3 is 0 Å². The summed E-state index contributed by atoms with van der Waals surface area (Å²) in [4.78, 5) is 11.9. The second-order valence-electron chi connectivity index (χ2n) is 2.51. The topological polar surface area (TPSA) is 40.5 Å². The van der Waals surface area contributed by atoms with Crippen LogP contribution in [0, 0.1) is 0 Å². The fourth-order valence-electron chi connectivity index (χ4n) is 1.00. The molecule has 2 atom stereocenters. The first-order valence-corrected chi connectivity index (χ1v) is 3.19. The number of likely N-dealkylation sites (tertiary alicyclic amines) is 1. The van der Waals surface area contributed by atoms with Crippen LogP contribution in [-0.2, 0) is 4.79 Å². The first-order chi connectivity index (χ1) is 4.61. The minimum absolute atomic E-state index is 0.0382. The Balaban J connectivity index is 2.49. The molecular weight excluding hydrogens is 137 g/mol. The Hall–Kier alpha value is -0.640. The van der Waals surface area contributed by atoms with Gasteiger partial charge in [0.1, 0.15) is 12.3 Å². The normalized spacial score (nSPS) is 32.9. The standard InChI is InChI=1S/C6H10FNO2/c1-4(9)8-2-5(7)6(10)3-8/h5-6,10H,2-3H2,1H3/t5-,6-/m0/s1. The Morgan fingerprint density at radius 3 is 2.50 bits per heavy atom. The Morgan fingerprint density at radius 1 is 1.70 bits per heavy atom. The number of hydrogen-bond acceptors (Lipinski definition) is 2. The third-order valence-corrected chi connectivity index (χ3v) is 1.67. The number of amides is 1. The SMILES string of the molecule is CC(=O)N1C[C@H](O)[C@@H](F)C1. The highest BCUT2D eigenvalue weighted by atomic mass is 19.1. The molecule has 0 saturated carbocycles. The molecule has 0 aromatic heterocycles. The van der Waals surface area contributed by atoms with E-state index in [-0.39, 0.29) is 19.0 Å². The Bertz CT molecular complexity index is 141. The van der Waals surface area contributed by atoms with Gasteiger partial charge in [0.25, 0.3) is 0 Å². The maximum Gasteiger partial charge on any atom is 0.219 e. The summed E-state index contributed by atoms with van der Waals surface area (Å²) in [6.07, 6.45) is -2.24. The molecule has 0 bridgehead atoms. The van der Waals surface area contributed by atoms with E-state index in [4.69, 9.17) is 5.11 Å². The molecule has 58 valence electrons. The van der Waals surface area contributed by atoms with Gasteiger partial charge in [-0.25, -0.2) is 4.39 Å². The van der Waals surface area contributed by atoms with E-state index in [9.17, 15) is 9.18 Å². The predicted molar refractivity (Wildman–Crippen MR) is 33.2 cm³/mol. The first-order valence-electron chi connectivity index (χ1n) is 3.19. The van der Waals surface area contributed by atoms with Gasteiger partial charge in [-0.3, -0.25) is 4.79 Å². The number of aliphatic hydroxyl groups excluding tert-OH is 1. The van der Waals surface area contributed by atoms with Crippen LogP contribution in [0.15, 0.2) is 0 Å². The van der Waals surface area contributed by atoms with E-state index < -0.39 is 12.3 Å². The van der Waals surface area contributed by atoms with Gasteiger partial charge in [-0.05, 0) is 0 Å². The van der Waals surface area contributed by atoms with Crippen LogP contribution in [-0.4, -0.2) is 41.3 Å². The minimum Gasteiger partial charge on any atom is -0.388 e. The molecule has 1 rings (SSSR count). The zero-order valence-corrected chi connectivity index (χ0v) is 5.75. The molecule has 3 nitrogen and oxygen atoms in total. The Morgan fingerprint density at radius 2 is 2.30 bits per heavy atom. The lowest BCUT2D eigenvalue weighted by molar-refractivity contribution is -0.128. The largest absolute Gasteiger partial charge is 0.388 e. The summed E-state index contributed by atoms with van der Waals surface area (Å²) in [5.41, 5.74) is 0. The third-order valence-electron chi connectivity index (χ3n) is 1.67. The van der Waals surface area contributed by atoms with Crippen LogP contribution in [0.2, 0.25) is 0 Å². The quantitative estimate of drug-likeness (QED) is 0.504. The summed E-state index contributed by atoms with van der Waals surface area (Å²) in [5.74, 6) is -0.181. The fraction of sp³-hybridized carbons (Fsp3) is 0.833. The van der Waals surface area contributed by atoms with Crippen molar-refractivity contribution in [1.82, 2.24) is 4.90 Å². The van der Waals surface area contributed by atoms with E-state index in [1.807, 2.05) is 0 Å². The van der Waals surface area contributed by atoms with Gasteiger partial charge in [0.2, 0.25) is 5.91 Å². The molecule has 0 aromatic carbocycles. The number of carbonyl (C=O) groups is 1. The molecule has 1 aliphatic rings. The number of β-amino-alcohol motifs (C(OH)–C–C–N with tert-alkyl or cyclic N) is 1. The molecule has 1 N–H and O–H groups in total. The van der Waals surface area contributed by atoms with E-state index in [0.29, 0.717) is 0 Å². The van der Waals surface area contributed by atoms with Crippen molar-refractivity contribution in [2.24, 2.45) is 0 Å². The van der Waals surface area contributed by atoms with Crippen LogP contribution in [0.1, 0.15) is 6.92 Å². The van der Waals surface area contributed by atoms with Gasteiger partial charge in [0.15, 0.2) is 0 Å². The lowest BCUT2D eigenvalue weighted by atomic mass is 10.3. The fourth-order valence-corrected chi connectivity index (χ4v) is 1.00. The highest BCUT2D eigenvalue weighted by Gasteiger charge is 2.32. The monoisotopic (exact) mass is 147 g/mol. The second-order valence-corrected chi connectivity index (χ2v) is 2.51. The Kier molecular flexibility index (Phi) is 1.89. The van der Waals surface area contributed by atoms with Gasteiger partial charge in [0, 0.05) is 13.5 Å². The lowest BCUT2D eigenvalue weighted by Gasteiger charge is -2.10. The average molecular weight is 147 g/mol. The maximum absolute atomic E-state index is 12.5. The molecule has 4 heteroatoms. The van der Waals surface area contributed by atoms with Crippen LogP contribution >= 0.6 is 0 Å². The van der Waals surface area contributed by atoms with Gasteiger partial charge in [-0.15, -0.1) is 0 Å². The van der Waals surface area contributed by atoms with Crippen LogP contribution in [0.4, 0.5) is 4.39 Å². The molecule has 1 aliphatic heterocycles. The molecule has 0 aliphatic carbocycles. The summed E-state index contributed by atoms with van der Waals surface area (Å²) in [6, 6.07) is 0. The highest BCUT2D eigenvalue weighted by Crippen LogP contribution is 2.12. The van der Waals surface area contributed by atoms with Crippen molar-refractivity contribution in [1.29, 1.82) is 0 Å². The van der Waals surface area contributed by atoms with Crippen LogP contribution in [0.5, 0.6) is 0 Å². The van der Waals surface area contributed by atoms with Gasteiger partial charge < -0.3 is 10.0 Å². The molecular formula is C6H10FNO2. The van der Waals surface area contributed by atoms with Gasteiger partial charge in [0.05, 0.1) is 6.54 Å². The first kappa shape index (κ1) is 7.47. The van der Waals surface area contributed by atoms with Crippen molar-refractivity contribution in [2.45, 2.75) is 19.2 Å². The predicted octanol–water partition coefficient (Wildman–Crippen LogP) is -0.452. The number of alkyl halides is 1. The number of rotatable bonds is 0. The van der Waals surface area contributed by atoms with Crippen LogP contribution < -0.4 is 0 Å². The molecule has 1 fully saturated rings. The van der Waals surface area contributed by atoms with Crippen LogP contribution in [0.3, 0.4) is 0 Å².